The Kier molecular flexibility index (Phi) is 3.70. The van der Waals surface area contributed by atoms with Gasteiger partial charge in [-0.3, -0.25) is 0 Å². The van der Waals surface area contributed by atoms with E-state index in [4.69, 9.17) is 11.6 Å². The van der Waals surface area contributed by atoms with Crippen LogP contribution in [0.3, 0.4) is 0 Å². The summed E-state index contributed by atoms with van der Waals surface area (Å²) in [4.78, 5) is 0. The Morgan fingerprint density at radius 2 is 2.06 bits per heavy atom. The summed E-state index contributed by atoms with van der Waals surface area (Å²) in [6.45, 7) is 2.17. The van der Waals surface area contributed by atoms with Gasteiger partial charge in [-0.15, -0.1) is 0 Å². The lowest BCUT2D eigenvalue weighted by Gasteiger charge is -2.21. The van der Waals surface area contributed by atoms with Crippen LogP contribution in [-0.2, 0) is 0 Å². The molecule has 2 rings (SSSR count). The third-order valence-corrected chi connectivity index (χ3v) is 3.73. The van der Waals surface area contributed by atoms with Crippen LogP contribution < -0.4 is 5.32 Å². The first-order chi connectivity index (χ1) is 7.66. The Bertz CT molecular complexity index is 361. The second kappa shape index (κ2) is 5.05. The Balaban J connectivity index is 1.99. The van der Waals surface area contributed by atoms with E-state index in [1.54, 1.807) is 6.07 Å². The molecule has 0 amide bonds. The van der Waals surface area contributed by atoms with Gasteiger partial charge in [0.05, 0.1) is 5.02 Å². The van der Waals surface area contributed by atoms with Gasteiger partial charge in [0.25, 0.3) is 0 Å². The maximum atomic E-state index is 13.2. The number of hydrogen-bond acceptors (Lipinski definition) is 1. The second-order valence-corrected chi connectivity index (χ2v) is 5.01. The molecular weight excluding hydrogens is 225 g/mol. The minimum absolute atomic E-state index is 0.180. The summed E-state index contributed by atoms with van der Waals surface area (Å²) < 4.78 is 13.2. The molecule has 1 aliphatic carbocycles. The lowest BCUT2D eigenvalue weighted by Crippen LogP contribution is -2.23. The first-order valence-electron chi connectivity index (χ1n) is 5.88. The number of benzene rings is 1. The third kappa shape index (κ3) is 2.67. The average Bonchev–Trinajstić information content (AvgIpc) is 2.77. The van der Waals surface area contributed by atoms with Gasteiger partial charge in [0.15, 0.2) is 0 Å². The van der Waals surface area contributed by atoms with E-state index in [0.717, 1.165) is 11.6 Å². The lowest BCUT2D eigenvalue weighted by molar-refractivity contribution is 0.482. The maximum Gasteiger partial charge on any atom is 0.143 e. The van der Waals surface area contributed by atoms with Gasteiger partial charge < -0.3 is 5.32 Å². The Morgan fingerprint density at radius 1 is 1.38 bits per heavy atom. The van der Waals surface area contributed by atoms with Crippen molar-refractivity contribution in [2.45, 2.75) is 38.6 Å². The predicted octanol–water partition coefficient (Wildman–Crippen LogP) is 4.47. The molecule has 1 fully saturated rings. The molecule has 1 aromatic rings. The molecule has 1 atom stereocenters. The summed E-state index contributed by atoms with van der Waals surface area (Å²) in [6.07, 6.45) is 5.21. The molecule has 1 aromatic carbocycles. The van der Waals surface area contributed by atoms with Crippen LogP contribution >= 0.6 is 11.6 Å². The van der Waals surface area contributed by atoms with E-state index < -0.39 is 0 Å². The van der Waals surface area contributed by atoms with Crippen LogP contribution in [0, 0.1) is 11.7 Å². The van der Waals surface area contributed by atoms with Crippen molar-refractivity contribution in [3.05, 3.63) is 29.0 Å². The minimum Gasteiger partial charge on any atom is -0.382 e. The second-order valence-electron chi connectivity index (χ2n) is 4.61. The van der Waals surface area contributed by atoms with Gasteiger partial charge in [0, 0.05) is 11.7 Å². The fourth-order valence-electron chi connectivity index (χ4n) is 2.42. The Labute approximate surface area is 101 Å². The lowest BCUT2D eigenvalue weighted by atomic mass is 9.99. The maximum absolute atomic E-state index is 13.2. The van der Waals surface area contributed by atoms with Gasteiger partial charge in [-0.1, -0.05) is 24.4 Å². The molecule has 88 valence electrons. The van der Waals surface area contributed by atoms with Gasteiger partial charge in [0.1, 0.15) is 5.82 Å². The molecule has 1 N–H and O–H groups in total. The normalized spacial score (nSPS) is 18.7. The first kappa shape index (κ1) is 11.7. The largest absolute Gasteiger partial charge is 0.382 e. The van der Waals surface area contributed by atoms with Gasteiger partial charge in [-0.25, -0.2) is 4.39 Å². The fourth-order valence-corrected chi connectivity index (χ4v) is 2.54. The van der Waals surface area contributed by atoms with Crippen LogP contribution in [-0.4, -0.2) is 6.04 Å². The van der Waals surface area contributed by atoms with E-state index in [1.165, 1.54) is 31.7 Å². The van der Waals surface area contributed by atoms with E-state index in [1.807, 2.05) is 6.07 Å². The van der Waals surface area contributed by atoms with Gasteiger partial charge >= 0.3 is 0 Å². The van der Waals surface area contributed by atoms with Gasteiger partial charge in [-0.2, -0.15) is 0 Å². The predicted molar refractivity (Wildman–Crippen MR) is 66.5 cm³/mol. The smallest absolute Gasteiger partial charge is 0.143 e. The first-order valence-corrected chi connectivity index (χ1v) is 6.26. The molecule has 0 radical (unpaired) electrons. The van der Waals surface area contributed by atoms with Crippen LogP contribution in [0.2, 0.25) is 5.02 Å². The summed E-state index contributed by atoms with van der Waals surface area (Å²) in [5.41, 5.74) is 0.821. The number of hydrogen-bond donors (Lipinski definition) is 1. The molecule has 0 saturated heterocycles. The number of anilines is 1. The summed E-state index contributed by atoms with van der Waals surface area (Å²) in [7, 11) is 0. The van der Waals surface area contributed by atoms with Crippen molar-refractivity contribution in [1.29, 1.82) is 0 Å². The molecular formula is C13H17ClFN. The average molecular weight is 242 g/mol. The van der Waals surface area contributed by atoms with Crippen molar-refractivity contribution in [1.82, 2.24) is 0 Å². The standard InChI is InChI=1S/C13H17ClFN/c1-9(10-4-2-3-5-10)16-11-6-7-12(14)13(15)8-11/h6-10,16H,2-5H2,1H3. The number of halogens is 2. The zero-order chi connectivity index (χ0) is 11.5. The Morgan fingerprint density at radius 3 is 2.69 bits per heavy atom. The summed E-state index contributed by atoms with van der Waals surface area (Å²) >= 11 is 5.64. The molecule has 0 bridgehead atoms. The van der Waals surface area contributed by atoms with Crippen LogP contribution in [0.4, 0.5) is 10.1 Å². The van der Waals surface area contributed by atoms with E-state index in [-0.39, 0.29) is 10.8 Å². The van der Waals surface area contributed by atoms with Crippen molar-refractivity contribution in [2.75, 3.05) is 5.32 Å². The van der Waals surface area contributed by atoms with Crippen LogP contribution in [0.25, 0.3) is 0 Å². The van der Waals surface area contributed by atoms with Gasteiger partial charge in [-0.05, 0) is 43.9 Å². The molecule has 1 unspecified atom stereocenters. The van der Waals surface area contributed by atoms with Crippen LogP contribution in [0.1, 0.15) is 32.6 Å². The van der Waals surface area contributed by atoms with Crippen molar-refractivity contribution in [3.63, 3.8) is 0 Å². The van der Waals surface area contributed by atoms with Crippen molar-refractivity contribution < 1.29 is 4.39 Å². The minimum atomic E-state index is -0.356. The van der Waals surface area contributed by atoms with Gasteiger partial charge in [0.2, 0.25) is 0 Å². The zero-order valence-electron chi connectivity index (χ0n) is 9.47. The fraction of sp³-hybridized carbons (Fsp3) is 0.538. The van der Waals surface area contributed by atoms with Crippen molar-refractivity contribution in [2.24, 2.45) is 5.92 Å². The molecule has 0 heterocycles. The highest BCUT2D eigenvalue weighted by molar-refractivity contribution is 6.30. The highest BCUT2D eigenvalue weighted by Crippen LogP contribution is 2.29. The highest BCUT2D eigenvalue weighted by Gasteiger charge is 2.21. The monoisotopic (exact) mass is 241 g/mol. The third-order valence-electron chi connectivity index (χ3n) is 3.42. The SMILES string of the molecule is CC(Nc1ccc(Cl)c(F)c1)C1CCCC1. The number of rotatable bonds is 3. The zero-order valence-corrected chi connectivity index (χ0v) is 10.2. The molecule has 0 aliphatic heterocycles. The Hall–Kier alpha value is -0.760. The molecule has 1 nitrogen and oxygen atoms in total. The quantitative estimate of drug-likeness (QED) is 0.823. The molecule has 0 spiro atoms. The molecule has 16 heavy (non-hydrogen) atoms. The van der Waals surface area contributed by atoms with E-state index in [2.05, 4.69) is 12.2 Å². The van der Waals surface area contributed by atoms with Crippen LogP contribution in [0.5, 0.6) is 0 Å². The summed E-state index contributed by atoms with van der Waals surface area (Å²) in [5.74, 6) is 0.365. The van der Waals surface area contributed by atoms with Crippen molar-refractivity contribution >= 4 is 17.3 Å². The summed E-state index contributed by atoms with van der Waals surface area (Å²) in [5, 5.41) is 3.53. The van der Waals surface area contributed by atoms with E-state index >= 15 is 0 Å². The topological polar surface area (TPSA) is 12.0 Å². The van der Waals surface area contributed by atoms with Crippen molar-refractivity contribution in [3.8, 4) is 0 Å². The summed E-state index contributed by atoms with van der Waals surface area (Å²) in [6, 6.07) is 5.30. The number of nitrogens with one attached hydrogen (secondary N) is 1. The highest BCUT2D eigenvalue weighted by atomic mass is 35.5. The molecule has 1 aliphatic rings. The van der Waals surface area contributed by atoms with Crippen LogP contribution in [0.15, 0.2) is 18.2 Å². The van der Waals surface area contributed by atoms with E-state index in [9.17, 15) is 4.39 Å². The molecule has 1 saturated carbocycles. The molecule has 3 heteroatoms. The van der Waals surface area contributed by atoms with E-state index in [0.29, 0.717) is 6.04 Å². The molecule has 0 aromatic heterocycles.